The Labute approximate surface area is 126 Å². The van der Waals surface area contributed by atoms with Gasteiger partial charge in [0.05, 0.1) is 19.2 Å². The first-order valence-corrected chi connectivity index (χ1v) is 6.75. The van der Waals surface area contributed by atoms with Gasteiger partial charge in [-0.25, -0.2) is 0 Å². The minimum Gasteiger partial charge on any atom is -0.384 e. The molecular weight excluding hydrogens is 282 g/mol. The maximum Gasteiger partial charge on any atom is 0.241 e. The molecule has 118 valence electrons. The summed E-state index contributed by atoms with van der Waals surface area (Å²) in [7, 11) is 1.66. The van der Waals surface area contributed by atoms with Gasteiger partial charge in [0, 0.05) is 26.1 Å². The topological polar surface area (TPSA) is 84.7 Å². The van der Waals surface area contributed by atoms with Crippen molar-refractivity contribution in [1.82, 2.24) is 10.2 Å². The molecule has 2 amide bonds. The molecule has 1 aliphatic heterocycles. The Morgan fingerprint density at radius 1 is 1.45 bits per heavy atom. The molecular formula is C13H26ClN3O3. The van der Waals surface area contributed by atoms with Gasteiger partial charge in [0.2, 0.25) is 11.8 Å². The molecule has 0 spiro atoms. The second-order valence-electron chi connectivity index (χ2n) is 5.44. The van der Waals surface area contributed by atoms with Gasteiger partial charge in [-0.1, -0.05) is 13.8 Å². The Kier molecular flexibility index (Phi) is 8.76. The Balaban J connectivity index is 0.00000361. The van der Waals surface area contributed by atoms with Crippen LogP contribution in [0.5, 0.6) is 0 Å². The number of carbonyl (C=O) groups is 2. The monoisotopic (exact) mass is 307 g/mol. The summed E-state index contributed by atoms with van der Waals surface area (Å²) >= 11 is 0. The highest BCUT2D eigenvalue weighted by atomic mass is 35.5. The lowest BCUT2D eigenvalue weighted by molar-refractivity contribution is -0.132. The van der Waals surface area contributed by atoms with E-state index in [4.69, 9.17) is 10.5 Å². The maximum absolute atomic E-state index is 11.9. The first-order chi connectivity index (χ1) is 8.95. The molecule has 1 heterocycles. The van der Waals surface area contributed by atoms with Crippen LogP contribution in [0, 0.1) is 11.8 Å². The molecule has 0 aromatic rings. The minimum atomic E-state index is -0.562. The van der Waals surface area contributed by atoms with Gasteiger partial charge >= 0.3 is 0 Å². The van der Waals surface area contributed by atoms with Crippen molar-refractivity contribution < 1.29 is 14.3 Å². The van der Waals surface area contributed by atoms with Crippen LogP contribution in [0.4, 0.5) is 0 Å². The number of methoxy groups -OCH3 is 1. The number of nitrogens with one attached hydrogen (secondary N) is 1. The molecule has 7 heteroatoms. The zero-order valence-electron chi connectivity index (χ0n) is 12.4. The predicted molar refractivity (Wildman–Crippen MR) is 79.6 cm³/mol. The van der Waals surface area contributed by atoms with Gasteiger partial charge in [0.1, 0.15) is 0 Å². The molecule has 2 atom stereocenters. The average Bonchev–Trinajstić information content (AvgIpc) is 2.83. The van der Waals surface area contributed by atoms with Crippen LogP contribution in [0.1, 0.15) is 20.3 Å². The van der Waals surface area contributed by atoms with Crippen LogP contribution in [-0.4, -0.2) is 56.1 Å². The molecule has 1 fully saturated rings. The number of nitrogens with zero attached hydrogens (tertiary/aromatic N) is 1. The molecule has 0 aromatic heterocycles. The Bertz CT molecular complexity index is 326. The largest absolute Gasteiger partial charge is 0.384 e. The third kappa shape index (κ3) is 5.64. The van der Waals surface area contributed by atoms with Crippen LogP contribution in [0.3, 0.4) is 0 Å². The highest BCUT2D eigenvalue weighted by Crippen LogP contribution is 2.16. The molecule has 1 rings (SSSR count). The van der Waals surface area contributed by atoms with Crippen molar-refractivity contribution in [2.75, 3.05) is 33.4 Å². The molecule has 20 heavy (non-hydrogen) atoms. The van der Waals surface area contributed by atoms with Crippen LogP contribution in [0.25, 0.3) is 0 Å². The number of likely N-dealkylation sites (tertiary alicyclic amines) is 1. The summed E-state index contributed by atoms with van der Waals surface area (Å²) in [6.45, 7) is 5.90. The van der Waals surface area contributed by atoms with Crippen molar-refractivity contribution in [3.63, 3.8) is 0 Å². The molecule has 0 aliphatic carbocycles. The molecule has 0 aromatic carbocycles. The number of halogens is 1. The fraction of sp³-hybridized carbons (Fsp3) is 0.846. The first-order valence-electron chi connectivity index (χ1n) is 6.75. The summed E-state index contributed by atoms with van der Waals surface area (Å²) in [5.41, 5.74) is 5.71. The number of hydrogen-bond donors (Lipinski definition) is 2. The Morgan fingerprint density at radius 3 is 2.65 bits per heavy atom. The van der Waals surface area contributed by atoms with E-state index in [0.29, 0.717) is 19.1 Å². The average molecular weight is 308 g/mol. The number of nitrogens with two attached hydrogens (primary N) is 1. The first kappa shape index (κ1) is 19.1. The second-order valence-corrected chi connectivity index (χ2v) is 5.44. The molecule has 0 radical (unpaired) electrons. The smallest absolute Gasteiger partial charge is 0.241 e. The molecule has 1 saturated heterocycles. The fourth-order valence-electron chi connectivity index (χ4n) is 2.13. The van der Waals surface area contributed by atoms with Crippen LogP contribution < -0.4 is 11.1 Å². The normalized spacial score (nSPS) is 19.6. The lowest BCUT2D eigenvalue weighted by atomic mass is 10.1. The van der Waals surface area contributed by atoms with Crippen molar-refractivity contribution in [3.8, 4) is 0 Å². The van der Waals surface area contributed by atoms with E-state index in [-0.39, 0.29) is 36.7 Å². The van der Waals surface area contributed by atoms with E-state index in [9.17, 15) is 9.59 Å². The standard InChI is InChI=1S/C13H25N3O3.ClH/c1-9(2)12(14)13(18)15-6-11(17)16-5-4-10(7-16)8-19-3;/h9-10,12H,4-8,14H2,1-3H3,(H,15,18);1H/t10?,12-;/m0./s1. The molecule has 0 bridgehead atoms. The highest BCUT2D eigenvalue weighted by Gasteiger charge is 2.26. The lowest BCUT2D eigenvalue weighted by Gasteiger charge is -2.19. The van der Waals surface area contributed by atoms with Gasteiger partial charge in [-0.05, 0) is 12.3 Å². The summed E-state index contributed by atoms with van der Waals surface area (Å²) < 4.78 is 5.09. The predicted octanol–water partition coefficient (Wildman–Crippen LogP) is 0.00260. The van der Waals surface area contributed by atoms with Crippen LogP contribution in [0.2, 0.25) is 0 Å². The second kappa shape index (κ2) is 9.15. The number of carbonyl (C=O) groups excluding carboxylic acids is 2. The van der Waals surface area contributed by atoms with Gasteiger partial charge in [-0.2, -0.15) is 0 Å². The van der Waals surface area contributed by atoms with Gasteiger partial charge in [0.15, 0.2) is 0 Å². The Morgan fingerprint density at radius 2 is 2.10 bits per heavy atom. The van der Waals surface area contributed by atoms with E-state index in [2.05, 4.69) is 5.32 Å². The van der Waals surface area contributed by atoms with E-state index in [1.165, 1.54) is 0 Å². The quantitative estimate of drug-likeness (QED) is 0.723. The molecule has 3 N–H and O–H groups in total. The number of ether oxygens (including phenoxy) is 1. The van der Waals surface area contributed by atoms with Crippen LogP contribution in [0.15, 0.2) is 0 Å². The van der Waals surface area contributed by atoms with Crippen molar-refractivity contribution in [1.29, 1.82) is 0 Å². The van der Waals surface area contributed by atoms with E-state index >= 15 is 0 Å². The SMILES string of the molecule is COCC1CCN(C(=O)CNC(=O)[C@@H](N)C(C)C)C1.Cl. The number of amides is 2. The van der Waals surface area contributed by atoms with Crippen molar-refractivity contribution in [2.24, 2.45) is 17.6 Å². The van der Waals surface area contributed by atoms with Gasteiger partial charge in [0.25, 0.3) is 0 Å². The summed E-state index contributed by atoms with van der Waals surface area (Å²) in [5, 5.41) is 2.60. The van der Waals surface area contributed by atoms with Crippen molar-refractivity contribution in [3.05, 3.63) is 0 Å². The molecule has 1 aliphatic rings. The summed E-state index contributed by atoms with van der Waals surface area (Å²) in [5.74, 6) is 0.148. The third-order valence-electron chi connectivity index (χ3n) is 3.48. The summed E-state index contributed by atoms with van der Waals surface area (Å²) in [6, 6.07) is -0.562. The van der Waals surface area contributed by atoms with Crippen LogP contribution in [-0.2, 0) is 14.3 Å². The zero-order chi connectivity index (χ0) is 14.4. The summed E-state index contributed by atoms with van der Waals surface area (Å²) in [4.78, 5) is 25.3. The van der Waals surface area contributed by atoms with Crippen molar-refractivity contribution in [2.45, 2.75) is 26.3 Å². The number of hydrogen-bond acceptors (Lipinski definition) is 4. The molecule has 1 unspecified atom stereocenters. The van der Waals surface area contributed by atoms with Gasteiger partial charge in [-0.15, -0.1) is 12.4 Å². The van der Waals surface area contributed by atoms with E-state index in [1.807, 2.05) is 13.8 Å². The third-order valence-corrected chi connectivity index (χ3v) is 3.48. The zero-order valence-corrected chi connectivity index (χ0v) is 13.2. The Hall–Kier alpha value is -0.850. The van der Waals surface area contributed by atoms with Gasteiger partial charge < -0.3 is 20.7 Å². The van der Waals surface area contributed by atoms with Gasteiger partial charge in [-0.3, -0.25) is 9.59 Å². The lowest BCUT2D eigenvalue weighted by Crippen LogP contribution is -2.47. The molecule has 0 saturated carbocycles. The fourth-order valence-corrected chi connectivity index (χ4v) is 2.13. The summed E-state index contributed by atoms with van der Waals surface area (Å²) in [6.07, 6.45) is 0.957. The number of rotatable bonds is 6. The van der Waals surface area contributed by atoms with Crippen molar-refractivity contribution >= 4 is 24.2 Å². The minimum absolute atomic E-state index is 0. The maximum atomic E-state index is 11.9. The molecule has 6 nitrogen and oxygen atoms in total. The van der Waals surface area contributed by atoms with E-state index in [1.54, 1.807) is 12.0 Å². The van der Waals surface area contributed by atoms with E-state index in [0.717, 1.165) is 13.0 Å². The van der Waals surface area contributed by atoms with E-state index < -0.39 is 6.04 Å². The van der Waals surface area contributed by atoms with Crippen LogP contribution >= 0.6 is 12.4 Å². The highest BCUT2D eigenvalue weighted by molar-refractivity contribution is 5.87.